The maximum Gasteiger partial charge on any atom is 0.237 e. The van der Waals surface area contributed by atoms with Crippen LogP contribution in [-0.4, -0.2) is 28.3 Å². The van der Waals surface area contributed by atoms with Crippen molar-refractivity contribution < 1.29 is 9.59 Å². The van der Waals surface area contributed by atoms with E-state index in [1.165, 1.54) is 6.08 Å². The van der Waals surface area contributed by atoms with Crippen molar-refractivity contribution in [1.29, 1.82) is 0 Å². The van der Waals surface area contributed by atoms with Gasteiger partial charge in [0.15, 0.2) is 0 Å². The van der Waals surface area contributed by atoms with E-state index in [-0.39, 0.29) is 6.17 Å². The zero-order chi connectivity index (χ0) is 12.3. The average Bonchev–Trinajstić information content (AvgIpc) is 2.86. The highest BCUT2D eigenvalue weighted by atomic mass is 16.1. The van der Waals surface area contributed by atoms with Gasteiger partial charge in [0, 0.05) is 12.4 Å². The Morgan fingerprint density at radius 3 is 2.76 bits per heavy atom. The minimum atomic E-state index is -0.232. The molecule has 0 bridgehead atoms. The first-order valence-electron chi connectivity index (χ1n) is 5.46. The number of unbranched alkanes of at least 4 members (excludes halogenated alkanes) is 2. The van der Waals surface area contributed by atoms with Crippen molar-refractivity contribution in [1.82, 2.24) is 9.55 Å². The van der Waals surface area contributed by atoms with Gasteiger partial charge in [-0.2, -0.15) is 4.99 Å². The molecule has 1 atom stereocenters. The molecular formula is C11H14N4O2. The first-order valence-corrected chi connectivity index (χ1v) is 5.46. The third-order valence-electron chi connectivity index (χ3n) is 2.37. The number of isocyanates is 2. The van der Waals surface area contributed by atoms with E-state index in [1.807, 2.05) is 0 Å². The van der Waals surface area contributed by atoms with Crippen LogP contribution in [0.15, 0.2) is 28.7 Å². The Morgan fingerprint density at radius 1 is 1.24 bits per heavy atom. The predicted molar refractivity (Wildman–Crippen MR) is 60.8 cm³/mol. The van der Waals surface area contributed by atoms with E-state index in [2.05, 4.69) is 15.0 Å². The van der Waals surface area contributed by atoms with Crippen molar-refractivity contribution in [2.24, 2.45) is 9.98 Å². The molecular weight excluding hydrogens is 220 g/mol. The molecule has 1 unspecified atom stereocenters. The summed E-state index contributed by atoms with van der Waals surface area (Å²) in [5.74, 6) is 0. The molecule has 0 spiro atoms. The Bertz CT molecular complexity index is 403. The third-order valence-corrected chi connectivity index (χ3v) is 2.37. The lowest BCUT2D eigenvalue weighted by Crippen LogP contribution is -2.04. The summed E-state index contributed by atoms with van der Waals surface area (Å²) in [6, 6.07) is 0. The van der Waals surface area contributed by atoms with Crippen molar-refractivity contribution in [3.63, 3.8) is 0 Å². The van der Waals surface area contributed by atoms with Crippen LogP contribution in [0.25, 0.3) is 0 Å². The number of hydrogen-bond donors (Lipinski definition) is 0. The summed E-state index contributed by atoms with van der Waals surface area (Å²) in [5.41, 5.74) is 0. The van der Waals surface area contributed by atoms with Gasteiger partial charge in [-0.3, -0.25) is 0 Å². The first kappa shape index (κ1) is 13.0. The predicted octanol–water partition coefficient (Wildman–Crippen LogP) is 1.61. The molecule has 6 heteroatoms. The van der Waals surface area contributed by atoms with Gasteiger partial charge in [0.05, 0.1) is 12.9 Å². The fourth-order valence-electron chi connectivity index (χ4n) is 1.53. The fourth-order valence-corrected chi connectivity index (χ4v) is 1.53. The van der Waals surface area contributed by atoms with E-state index >= 15 is 0 Å². The highest BCUT2D eigenvalue weighted by molar-refractivity contribution is 5.33. The number of aromatic nitrogens is 2. The summed E-state index contributed by atoms with van der Waals surface area (Å²) in [4.78, 5) is 31.2. The minimum absolute atomic E-state index is 0.232. The van der Waals surface area contributed by atoms with E-state index in [9.17, 15) is 9.59 Å². The maximum atomic E-state index is 10.3. The Balaban J connectivity index is 2.31. The van der Waals surface area contributed by atoms with E-state index in [0.717, 1.165) is 25.7 Å². The van der Waals surface area contributed by atoms with Crippen molar-refractivity contribution in [2.45, 2.75) is 31.8 Å². The number of carbonyl (C=O) groups excluding carboxylic acids is 2. The molecule has 0 fully saturated rings. The number of imidazole rings is 1. The monoisotopic (exact) mass is 234 g/mol. The van der Waals surface area contributed by atoms with Crippen LogP contribution < -0.4 is 0 Å². The number of aliphatic imine (C=N–C) groups is 2. The highest BCUT2D eigenvalue weighted by Gasteiger charge is 2.07. The lowest BCUT2D eigenvalue weighted by Gasteiger charge is -2.11. The highest BCUT2D eigenvalue weighted by Crippen LogP contribution is 2.16. The smallest absolute Gasteiger partial charge is 0.237 e. The molecule has 0 amide bonds. The van der Waals surface area contributed by atoms with Gasteiger partial charge in [-0.15, -0.1) is 0 Å². The topological polar surface area (TPSA) is 76.7 Å². The van der Waals surface area contributed by atoms with Crippen LogP contribution in [0.5, 0.6) is 0 Å². The van der Waals surface area contributed by atoms with Gasteiger partial charge in [-0.25, -0.2) is 19.6 Å². The van der Waals surface area contributed by atoms with E-state index in [4.69, 9.17) is 0 Å². The fraction of sp³-hybridized carbons (Fsp3) is 0.545. The standard InChI is InChI=1S/C11H14N4O2/c16-9-13-5-3-1-2-4-11(14-10-17)15-7-6-12-8-15/h6-8,11H,1-5H2. The van der Waals surface area contributed by atoms with Crippen LogP contribution >= 0.6 is 0 Å². The molecule has 1 heterocycles. The van der Waals surface area contributed by atoms with Gasteiger partial charge in [0.1, 0.15) is 6.17 Å². The molecule has 0 saturated heterocycles. The van der Waals surface area contributed by atoms with E-state index in [1.54, 1.807) is 29.4 Å². The quantitative estimate of drug-likeness (QED) is 0.389. The van der Waals surface area contributed by atoms with Crippen LogP contribution in [0.1, 0.15) is 31.8 Å². The molecule has 0 aliphatic carbocycles. The Morgan fingerprint density at radius 2 is 2.12 bits per heavy atom. The van der Waals surface area contributed by atoms with Gasteiger partial charge in [-0.05, 0) is 19.3 Å². The summed E-state index contributed by atoms with van der Waals surface area (Å²) in [6.45, 7) is 0.510. The Labute approximate surface area is 99.1 Å². The molecule has 0 radical (unpaired) electrons. The molecule has 1 rings (SSSR count). The van der Waals surface area contributed by atoms with Gasteiger partial charge >= 0.3 is 0 Å². The second kappa shape index (κ2) is 8.16. The number of nitrogens with zero attached hydrogens (tertiary/aromatic N) is 4. The lowest BCUT2D eigenvalue weighted by molar-refractivity contribution is 0.451. The summed E-state index contributed by atoms with van der Waals surface area (Å²) >= 11 is 0. The van der Waals surface area contributed by atoms with Crippen molar-refractivity contribution in [3.05, 3.63) is 18.7 Å². The molecule has 0 aliphatic heterocycles. The molecule has 0 aromatic carbocycles. The van der Waals surface area contributed by atoms with Crippen molar-refractivity contribution in [2.75, 3.05) is 6.54 Å². The Kier molecular flexibility index (Phi) is 6.26. The second-order valence-corrected chi connectivity index (χ2v) is 3.53. The van der Waals surface area contributed by atoms with Gasteiger partial charge in [0.25, 0.3) is 0 Å². The minimum Gasteiger partial charge on any atom is -0.314 e. The zero-order valence-electron chi connectivity index (χ0n) is 9.45. The maximum absolute atomic E-state index is 10.3. The van der Waals surface area contributed by atoms with Crippen LogP contribution in [0.2, 0.25) is 0 Å². The molecule has 17 heavy (non-hydrogen) atoms. The molecule has 0 N–H and O–H groups in total. The summed E-state index contributed by atoms with van der Waals surface area (Å²) < 4.78 is 1.77. The Hall–Kier alpha value is -2.03. The first-order chi connectivity index (χ1) is 8.38. The average molecular weight is 234 g/mol. The second-order valence-electron chi connectivity index (χ2n) is 3.53. The molecule has 0 saturated carbocycles. The van der Waals surface area contributed by atoms with Crippen molar-refractivity contribution in [3.8, 4) is 0 Å². The molecule has 1 aromatic rings. The summed E-state index contributed by atoms with van der Waals surface area (Å²) in [7, 11) is 0. The molecule has 6 nitrogen and oxygen atoms in total. The number of rotatable bonds is 8. The molecule has 1 aromatic heterocycles. The SMILES string of the molecule is O=C=NCCCCCC(N=C=O)n1ccnc1. The van der Waals surface area contributed by atoms with Gasteiger partial charge < -0.3 is 4.57 Å². The van der Waals surface area contributed by atoms with Crippen LogP contribution in [0.3, 0.4) is 0 Å². The number of hydrogen-bond acceptors (Lipinski definition) is 5. The third kappa shape index (κ3) is 5.02. The van der Waals surface area contributed by atoms with Gasteiger partial charge in [0.2, 0.25) is 12.2 Å². The normalized spacial score (nSPS) is 11.3. The largest absolute Gasteiger partial charge is 0.314 e. The lowest BCUT2D eigenvalue weighted by atomic mass is 10.1. The van der Waals surface area contributed by atoms with Gasteiger partial charge in [-0.1, -0.05) is 6.42 Å². The summed E-state index contributed by atoms with van der Waals surface area (Å²) in [6.07, 6.45) is 11.3. The molecule has 90 valence electrons. The zero-order valence-corrected chi connectivity index (χ0v) is 9.45. The van der Waals surface area contributed by atoms with Crippen LogP contribution in [0.4, 0.5) is 0 Å². The molecule has 0 aliphatic rings. The summed E-state index contributed by atoms with van der Waals surface area (Å²) in [5, 5.41) is 0. The van der Waals surface area contributed by atoms with Crippen LogP contribution in [0, 0.1) is 0 Å². The van der Waals surface area contributed by atoms with E-state index < -0.39 is 0 Å². The van der Waals surface area contributed by atoms with Crippen LogP contribution in [-0.2, 0) is 9.59 Å². The van der Waals surface area contributed by atoms with Crippen molar-refractivity contribution >= 4 is 12.2 Å². The van der Waals surface area contributed by atoms with E-state index in [0.29, 0.717) is 6.54 Å².